The molecule has 0 spiro atoms. The van der Waals surface area contributed by atoms with Gasteiger partial charge in [-0.05, 0) is 18.1 Å². The summed E-state index contributed by atoms with van der Waals surface area (Å²) < 4.78 is 25.5. The molecule has 0 amide bonds. The number of fused-ring (bicyclic) bond motifs is 1. The first kappa shape index (κ1) is 12.9. The lowest BCUT2D eigenvalue weighted by molar-refractivity contribution is 0.601. The van der Waals surface area contributed by atoms with E-state index in [2.05, 4.69) is 20.9 Å². The maximum absolute atomic E-state index is 11.6. The van der Waals surface area contributed by atoms with Crippen LogP contribution in [-0.4, -0.2) is 17.8 Å². The first-order valence-corrected chi connectivity index (χ1v) is 8.03. The number of pyridine rings is 1. The van der Waals surface area contributed by atoms with Crippen LogP contribution in [0.15, 0.2) is 27.8 Å². The summed E-state index contributed by atoms with van der Waals surface area (Å²) in [7, 11) is 1.65. The summed E-state index contributed by atoms with van der Waals surface area (Å²) in [5, 5.41) is 0.0525. The van der Waals surface area contributed by atoms with E-state index in [-0.39, 0.29) is 10.9 Å². The Balaban J connectivity index is 2.91. The fraction of sp³-hybridized carbons (Fsp3) is 0.300. The molecule has 0 fully saturated rings. The zero-order valence-corrected chi connectivity index (χ0v) is 12.3. The highest BCUT2D eigenvalue weighted by atomic mass is 79.9. The van der Waals surface area contributed by atoms with Gasteiger partial charge in [0.15, 0.2) is 5.03 Å². The van der Waals surface area contributed by atoms with Crippen LogP contribution in [0.3, 0.4) is 0 Å². The zero-order chi connectivity index (χ0) is 12.8. The lowest BCUT2D eigenvalue weighted by Crippen LogP contribution is -2.02. The van der Waals surface area contributed by atoms with Crippen molar-refractivity contribution in [3.8, 4) is 0 Å². The molecule has 92 valence electrons. The van der Waals surface area contributed by atoms with E-state index >= 15 is 0 Å². The second kappa shape index (κ2) is 4.26. The Morgan fingerprint density at radius 1 is 1.47 bits per heavy atom. The number of aromatic nitrogens is 2. The van der Waals surface area contributed by atoms with Gasteiger partial charge in [-0.2, -0.15) is 0 Å². The smallest absolute Gasteiger partial charge is 0.279 e. The Morgan fingerprint density at radius 2 is 2.12 bits per heavy atom. The van der Waals surface area contributed by atoms with Gasteiger partial charge < -0.3 is 0 Å². The summed E-state index contributed by atoms with van der Waals surface area (Å²) in [4.78, 5) is 4.31. The van der Waals surface area contributed by atoms with Gasteiger partial charge >= 0.3 is 0 Å². The van der Waals surface area contributed by atoms with Crippen molar-refractivity contribution in [2.75, 3.05) is 0 Å². The highest BCUT2D eigenvalue weighted by molar-refractivity contribution is 9.10. The van der Waals surface area contributed by atoms with Crippen LogP contribution in [0.2, 0.25) is 0 Å². The predicted octanol–water partition coefficient (Wildman–Crippen LogP) is 3.15. The average Bonchev–Trinajstić information content (AvgIpc) is 2.55. The van der Waals surface area contributed by atoms with Crippen molar-refractivity contribution in [1.82, 2.24) is 9.38 Å². The third kappa shape index (κ3) is 2.34. The number of nitrogens with zero attached hydrogens (tertiary/aromatic N) is 2. The second-order valence-corrected chi connectivity index (χ2v) is 7.36. The average molecular weight is 338 g/mol. The van der Waals surface area contributed by atoms with Gasteiger partial charge in [-0.15, -0.1) is 0 Å². The number of hydrogen-bond donors (Lipinski definition) is 0. The van der Waals surface area contributed by atoms with Crippen molar-refractivity contribution in [1.29, 1.82) is 0 Å². The number of hydrogen-bond acceptors (Lipinski definition) is 3. The third-order valence-electron chi connectivity index (χ3n) is 2.35. The minimum absolute atomic E-state index is 0.0165. The van der Waals surface area contributed by atoms with E-state index in [1.54, 1.807) is 18.3 Å². The lowest BCUT2D eigenvalue weighted by atomic mass is 10.2. The standard InChI is InChI=1S/C10H10BrClN2O2S/c1-6(2)9-10(17(12,15)16)14-4-3-7(11)5-8(14)13-9/h3-6H,1-2H3. The van der Waals surface area contributed by atoms with Gasteiger partial charge in [0.1, 0.15) is 5.65 Å². The fourth-order valence-corrected chi connectivity index (χ4v) is 3.34. The summed E-state index contributed by atoms with van der Waals surface area (Å²) in [6, 6.07) is 3.49. The fourth-order valence-electron chi connectivity index (χ4n) is 1.63. The van der Waals surface area contributed by atoms with Crippen LogP contribution in [0.4, 0.5) is 0 Å². The molecule has 0 N–H and O–H groups in total. The summed E-state index contributed by atoms with van der Waals surface area (Å²) in [6.45, 7) is 3.75. The first-order valence-electron chi connectivity index (χ1n) is 4.93. The molecule has 0 atom stereocenters. The van der Waals surface area contributed by atoms with E-state index in [0.29, 0.717) is 11.3 Å². The van der Waals surface area contributed by atoms with Crippen LogP contribution in [0.25, 0.3) is 5.65 Å². The second-order valence-electron chi connectivity index (χ2n) is 3.97. The molecule has 2 aromatic heterocycles. The quantitative estimate of drug-likeness (QED) is 0.791. The third-order valence-corrected chi connectivity index (χ3v) is 4.15. The Kier molecular flexibility index (Phi) is 3.22. The summed E-state index contributed by atoms with van der Waals surface area (Å²) in [5.74, 6) is -0.0165. The van der Waals surface area contributed by atoms with E-state index in [4.69, 9.17) is 10.7 Å². The number of rotatable bonds is 2. The Morgan fingerprint density at radius 3 is 2.65 bits per heavy atom. The summed E-state index contributed by atoms with van der Waals surface area (Å²) in [5.41, 5.74) is 1.04. The van der Waals surface area contributed by atoms with Gasteiger partial charge in [0.2, 0.25) is 0 Å². The van der Waals surface area contributed by atoms with Gasteiger partial charge in [-0.1, -0.05) is 29.8 Å². The molecule has 4 nitrogen and oxygen atoms in total. The number of imidazole rings is 1. The highest BCUT2D eigenvalue weighted by Crippen LogP contribution is 2.28. The first-order chi connectivity index (χ1) is 7.80. The molecule has 2 aromatic rings. The summed E-state index contributed by atoms with van der Waals surface area (Å²) in [6.07, 6.45) is 1.63. The Bertz CT molecular complexity index is 679. The monoisotopic (exact) mass is 336 g/mol. The zero-order valence-electron chi connectivity index (χ0n) is 9.18. The largest absolute Gasteiger partial charge is 0.289 e. The SMILES string of the molecule is CC(C)c1nc2cc(Br)ccn2c1S(=O)(=O)Cl. The molecule has 0 aliphatic carbocycles. The van der Waals surface area contributed by atoms with Gasteiger partial charge in [0.05, 0.1) is 5.69 Å². The van der Waals surface area contributed by atoms with E-state index in [1.807, 2.05) is 13.8 Å². The lowest BCUT2D eigenvalue weighted by Gasteiger charge is -2.03. The molecule has 2 rings (SSSR count). The molecule has 0 aliphatic heterocycles. The normalized spacial score (nSPS) is 12.5. The molecule has 7 heteroatoms. The van der Waals surface area contributed by atoms with Gasteiger partial charge in [-0.25, -0.2) is 13.4 Å². The Hall–Kier alpha value is -0.590. The molecule has 0 unspecified atom stereocenters. The van der Waals surface area contributed by atoms with Crippen LogP contribution in [0.5, 0.6) is 0 Å². The molecule has 0 saturated heterocycles. The summed E-state index contributed by atoms with van der Waals surface area (Å²) >= 11 is 3.32. The van der Waals surface area contributed by atoms with Crippen molar-refractivity contribution >= 4 is 41.3 Å². The van der Waals surface area contributed by atoms with Crippen molar-refractivity contribution < 1.29 is 8.42 Å². The molecular weight excluding hydrogens is 328 g/mol. The van der Waals surface area contributed by atoms with Crippen LogP contribution >= 0.6 is 26.6 Å². The maximum Gasteiger partial charge on any atom is 0.279 e. The van der Waals surface area contributed by atoms with E-state index in [1.165, 1.54) is 4.40 Å². The van der Waals surface area contributed by atoms with E-state index < -0.39 is 9.05 Å². The van der Waals surface area contributed by atoms with Crippen molar-refractivity contribution in [3.05, 3.63) is 28.5 Å². The van der Waals surface area contributed by atoms with Crippen molar-refractivity contribution in [3.63, 3.8) is 0 Å². The van der Waals surface area contributed by atoms with Gasteiger partial charge in [0, 0.05) is 21.4 Å². The molecule has 0 radical (unpaired) electrons. The van der Waals surface area contributed by atoms with Crippen molar-refractivity contribution in [2.45, 2.75) is 24.8 Å². The van der Waals surface area contributed by atoms with E-state index in [0.717, 1.165) is 4.47 Å². The van der Waals surface area contributed by atoms with Crippen LogP contribution in [0.1, 0.15) is 25.5 Å². The van der Waals surface area contributed by atoms with Gasteiger partial charge in [-0.3, -0.25) is 4.40 Å². The topological polar surface area (TPSA) is 51.4 Å². The molecule has 0 saturated carbocycles. The molecule has 17 heavy (non-hydrogen) atoms. The predicted molar refractivity (Wildman–Crippen MR) is 70.0 cm³/mol. The van der Waals surface area contributed by atoms with Crippen molar-refractivity contribution in [2.24, 2.45) is 0 Å². The van der Waals surface area contributed by atoms with Gasteiger partial charge in [0.25, 0.3) is 9.05 Å². The molecular formula is C10H10BrClN2O2S. The molecule has 0 bridgehead atoms. The molecule has 0 aromatic carbocycles. The number of halogens is 2. The molecule has 0 aliphatic rings. The van der Waals surface area contributed by atoms with Crippen LogP contribution in [0, 0.1) is 0 Å². The van der Waals surface area contributed by atoms with E-state index in [9.17, 15) is 8.42 Å². The highest BCUT2D eigenvalue weighted by Gasteiger charge is 2.24. The minimum atomic E-state index is -3.82. The van der Waals surface area contributed by atoms with Crippen LogP contribution in [-0.2, 0) is 9.05 Å². The molecule has 2 heterocycles. The Labute approximate surface area is 112 Å². The minimum Gasteiger partial charge on any atom is -0.289 e. The maximum atomic E-state index is 11.6. The van der Waals surface area contributed by atoms with Crippen LogP contribution < -0.4 is 0 Å².